The first-order valence-corrected chi connectivity index (χ1v) is 18.5. The van der Waals surface area contributed by atoms with Gasteiger partial charge in [-0.05, 0) is 69.4 Å². The third-order valence-electron chi connectivity index (χ3n) is 11.8. The lowest BCUT2D eigenvalue weighted by molar-refractivity contribution is 1.02. The van der Waals surface area contributed by atoms with Gasteiger partial charge in [0.2, 0.25) is 5.95 Å². The molecule has 13 aromatic rings. The topological polar surface area (TPSA) is 35.1 Å². The van der Waals surface area contributed by atoms with E-state index in [1.807, 2.05) is 0 Å². The van der Waals surface area contributed by atoms with E-state index in [-0.39, 0.29) is 0 Å². The highest BCUT2D eigenvalue weighted by atomic mass is 15.2. The monoisotopic (exact) mass is 684 g/mol. The molecule has 0 atom stereocenters. The zero-order chi connectivity index (χ0) is 35.1. The Morgan fingerprint density at radius 1 is 0.352 bits per heavy atom. The van der Waals surface area contributed by atoms with Gasteiger partial charge in [-0.3, -0.25) is 4.57 Å². The average Bonchev–Trinajstić information content (AvgIpc) is 3.86. The molecule has 0 spiro atoms. The van der Waals surface area contributed by atoms with Crippen molar-refractivity contribution in [2.45, 2.75) is 0 Å². The van der Waals surface area contributed by atoms with Gasteiger partial charge in [-0.2, -0.15) is 0 Å². The lowest BCUT2D eigenvalue weighted by Gasteiger charge is -2.14. The smallest absolute Gasteiger partial charge is 0.235 e. The van der Waals surface area contributed by atoms with Gasteiger partial charge in [0, 0.05) is 48.7 Å². The summed E-state index contributed by atoms with van der Waals surface area (Å²) in [6.07, 6.45) is 0. The second kappa shape index (κ2) is 10.2. The van der Waals surface area contributed by atoms with Crippen LogP contribution in [-0.2, 0) is 0 Å². The van der Waals surface area contributed by atoms with Crippen LogP contribution >= 0.6 is 0 Å². The predicted octanol–water partition coefficient (Wildman–Crippen LogP) is 13.0. The molecule has 4 heterocycles. The molecule has 0 unspecified atom stereocenters. The van der Waals surface area contributed by atoms with Crippen molar-refractivity contribution in [3.63, 3.8) is 0 Å². The minimum atomic E-state index is 0.667. The Morgan fingerprint density at radius 3 is 1.78 bits per heavy atom. The first-order valence-electron chi connectivity index (χ1n) is 18.5. The van der Waals surface area contributed by atoms with Gasteiger partial charge in [0.25, 0.3) is 0 Å². The Labute approximate surface area is 308 Å². The highest BCUT2D eigenvalue weighted by Gasteiger charge is 2.26. The zero-order valence-corrected chi connectivity index (χ0v) is 29.0. The average molecular weight is 685 g/mol. The van der Waals surface area contributed by atoms with Gasteiger partial charge in [0.05, 0.1) is 38.8 Å². The summed E-state index contributed by atoms with van der Waals surface area (Å²) in [5, 5.41) is 15.5. The zero-order valence-electron chi connectivity index (χ0n) is 29.0. The van der Waals surface area contributed by atoms with Crippen molar-refractivity contribution in [2.75, 3.05) is 0 Å². The molecule has 0 amide bonds. The number of hydrogen-bond donors (Lipinski definition) is 0. The second-order valence-electron chi connectivity index (χ2n) is 14.6. The second-order valence-corrected chi connectivity index (χ2v) is 14.6. The number of benzene rings is 9. The molecule has 0 aliphatic rings. The number of para-hydroxylation sites is 2. The van der Waals surface area contributed by atoms with Crippen molar-refractivity contribution in [3.05, 3.63) is 170 Å². The maximum atomic E-state index is 5.62. The van der Waals surface area contributed by atoms with Crippen LogP contribution in [0.4, 0.5) is 0 Å². The van der Waals surface area contributed by atoms with E-state index < -0.39 is 0 Å². The first kappa shape index (κ1) is 28.3. The third kappa shape index (κ3) is 3.61. The van der Waals surface area contributed by atoms with Crippen LogP contribution in [0.5, 0.6) is 0 Å². The molecule has 0 saturated carbocycles. The first-order chi connectivity index (χ1) is 26.8. The Balaban J connectivity index is 1.28. The number of nitrogens with zero attached hydrogens (tertiary/aromatic N) is 4. The molecular formula is C50H28N4. The maximum Gasteiger partial charge on any atom is 0.235 e. The lowest BCUT2D eigenvalue weighted by atomic mass is 10.00. The fourth-order valence-electron chi connectivity index (χ4n) is 9.41. The standard InChI is InChI=1S/C50H28N4/c1-2-13-31-25-34(22-21-29(31)11-1)46-38-24-23-30-12-5-6-16-35(30)47(38)52-50(51-46)54-44-27-33-15-4-3-14-32(33)26-39(44)41-28-40-36-17-7-9-19-42(36)53-43-20-10-8-18-37(43)45(48(40)53)49(41)54/h1-28H. The van der Waals surface area contributed by atoms with Gasteiger partial charge in [-0.15, -0.1) is 0 Å². The van der Waals surface area contributed by atoms with Crippen LogP contribution in [0, 0.1) is 0 Å². The molecule has 4 nitrogen and oxygen atoms in total. The van der Waals surface area contributed by atoms with E-state index in [1.54, 1.807) is 0 Å². The molecule has 0 aliphatic carbocycles. The highest BCUT2D eigenvalue weighted by Crippen LogP contribution is 2.47. The summed E-state index contributed by atoms with van der Waals surface area (Å²) in [4.78, 5) is 11.2. The Bertz CT molecular complexity index is 3740. The van der Waals surface area contributed by atoms with Gasteiger partial charge < -0.3 is 4.40 Å². The molecule has 0 fully saturated rings. The van der Waals surface area contributed by atoms with E-state index in [2.05, 4.69) is 179 Å². The summed E-state index contributed by atoms with van der Waals surface area (Å²) in [7, 11) is 0. The van der Waals surface area contributed by atoms with E-state index in [0.717, 1.165) is 44.0 Å². The Hall–Kier alpha value is -7.30. The van der Waals surface area contributed by atoms with E-state index >= 15 is 0 Å². The molecule has 13 rings (SSSR count). The normalized spacial score (nSPS) is 12.4. The predicted molar refractivity (Wildman–Crippen MR) is 226 cm³/mol. The van der Waals surface area contributed by atoms with Crippen LogP contribution < -0.4 is 0 Å². The molecule has 248 valence electrons. The van der Waals surface area contributed by atoms with Crippen molar-refractivity contribution in [2.24, 2.45) is 0 Å². The number of rotatable bonds is 2. The molecular weight excluding hydrogens is 657 g/mol. The van der Waals surface area contributed by atoms with Crippen molar-refractivity contribution in [1.29, 1.82) is 0 Å². The van der Waals surface area contributed by atoms with Crippen LogP contribution in [0.3, 0.4) is 0 Å². The Kier molecular flexibility index (Phi) is 5.34. The summed E-state index contributed by atoms with van der Waals surface area (Å²) < 4.78 is 4.82. The summed E-state index contributed by atoms with van der Waals surface area (Å²) >= 11 is 0. The van der Waals surface area contributed by atoms with Gasteiger partial charge >= 0.3 is 0 Å². The van der Waals surface area contributed by atoms with E-state index in [0.29, 0.717) is 5.95 Å². The molecule has 4 heteroatoms. The maximum absolute atomic E-state index is 5.62. The van der Waals surface area contributed by atoms with E-state index in [1.165, 1.54) is 70.4 Å². The minimum absolute atomic E-state index is 0.667. The lowest BCUT2D eigenvalue weighted by Crippen LogP contribution is -2.04. The molecule has 0 bridgehead atoms. The Morgan fingerprint density at radius 2 is 0.963 bits per heavy atom. The number of hydrogen-bond acceptors (Lipinski definition) is 2. The van der Waals surface area contributed by atoms with Crippen LogP contribution in [-0.4, -0.2) is 18.9 Å². The van der Waals surface area contributed by atoms with Crippen molar-refractivity contribution in [3.8, 4) is 17.2 Å². The molecule has 4 aromatic heterocycles. The van der Waals surface area contributed by atoms with E-state index in [4.69, 9.17) is 9.97 Å². The largest absolute Gasteiger partial charge is 0.308 e. The van der Waals surface area contributed by atoms with Crippen molar-refractivity contribution >= 4 is 103 Å². The summed E-state index contributed by atoms with van der Waals surface area (Å²) in [5.74, 6) is 0.667. The van der Waals surface area contributed by atoms with Crippen LogP contribution in [0.2, 0.25) is 0 Å². The van der Waals surface area contributed by atoms with E-state index in [9.17, 15) is 0 Å². The quantitative estimate of drug-likeness (QED) is 0.170. The molecule has 0 saturated heterocycles. The van der Waals surface area contributed by atoms with Crippen LogP contribution in [0.25, 0.3) is 120 Å². The molecule has 9 aromatic carbocycles. The van der Waals surface area contributed by atoms with Gasteiger partial charge in [-0.1, -0.05) is 127 Å². The summed E-state index contributed by atoms with van der Waals surface area (Å²) in [6.45, 7) is 0. The number of aromatic nitrogens is 4. The van der Waals surface area contributed by atoms with Crippen molar-refractivity contribution in [1.82, 2.24) is 18.9 Å². The van der Waals surface area contributed by atoms with Gasteiger partial charge in [0.15, 0.2) is 0 Å². The number of fused-ring (bicyclic) bond motifs is 15. The van der Waals surface area contributed by atoms with Crippen LogP contribution in [0.15, 0.2) is 170 Å². The third-order valence-corrected chi connectivity index (χ3v) is 11.8. The van der Waals surface area contributed by atoms with Crippen LogP contribution in [0.1, 0.15) is 0 Å². The fraction of sp³-hybridized carbons (Fsp3) is 0. The molecule has 0 radical (unpaired) electrons. The summed E-state index contributed by atoms with van der Waals surface area (Å²) in [5.41, 5.74) is 8.83. The minimum Gasteiger partial charge on any atom is -0.308 e. The SMILES string of the molecule is c1ccc2cc(-c3nc(-n4c5cc6ccccc6cc5c5cc6c7ccccc7n7c8ccccc8c(c54)c67)nc4c3ccc3ccccc34)ccc2c1. The van der Waals surface area contributed by atoms with Gasteiger partial charge in [0.1, 0.15) is 0 Å². The molecule has 0 aliphatic heterocycles. The highest BCUT2D eigenvalue weighted by molar-refractivity contribution is 6.34. The molecule has 54 heavy (non-hydrogen) atoms. The fourth-order valence-corrected chi connectivity index (χ4v) is 9.41. The molecule has 0 N–H and O–H groups in total. The summed E-state index contributed by atoms with van der Waals surface area (Å²) in [6, 6.07) is 61.7. The van der Waals surface area contributed by atoms with Gasteiger partial charge in [-0.25, -0.2) is 9.97 Å². The van der Waals surface area contributed by atoms with Crippen molar-refractivity contribution < 1.29 is 0 Å².